The largest absolute Gasteiger partial charge is 0.489 e. The number of anilines is 1. The summed E-state index contributed by atoms with van der Waals surface area (Å²) >= 11 is 0. The fourth-order valence-electron chi connectivity index (χ4n) is 3.54. The van der Waals surface area contributed by atoms with Crippen LogP contribution in [0.3, 0.4) is 0 Å². The van der Waals surface area contributed by atoms with Crippen LogP contribution in [0.25, 0.3) is 0 Å². The van der Waals surface area contributed by atoms with Crippen LogP contribution in [0.1, 0.15) is 0 Å². The van der Waals surface area contributed by atoms with Crippen LogP contribution in [-0.4, -0.2) is 141 Å². The van der Waals surface area contributed by atoms with E-state index >= 15 is 0 Å². The predicted octanol–water partition coefficient (Wildman–Crippen LogP) is 2.20. The molecule has 0 saturated heterocycles. The molecular weight excluding hydrogens is 638 g/mol. The molecule has 2 rings (SSSR count). The molecule has 0 aliphatic rings. The summed E-state index contributed by atoms with van der Waals surface area (Å²) in [5.41, 5.74) is 6.42. The van der Waals surface area contributed by atoms with E-state index in [1.54, 1.807) is 24.3 Å². The molecule has 0 heterocycles. The minimum Gasteiger partial charge on any atom is -0.489 e. The van der Waals surface area contributed by atoms with Gasteiger partial charge >= 0.3 is 0 Å². The van der Waals surface area contributed by atoms with Gasteiger partial charge in [-0.1, -0.05) is 30.3 Å². The van der Waals surface area contributed by atoms with Crippen molar-refractivity contribution in [1.29, 1.82) is 0 Å². The summed E-state index contributed by atoms with van der Waals surface area (Å²) < 4.78 is 83.4. The van der Waals surface area contributed by atoms with E-state index < -0.39 is 10.1 Å². The van der Waals surface area contributed by atoms with Crippen molar-refractivity contribution in [2.45, 2.75) is 4.90 Å². The molecule has 0 aliphatic carbocycles. The number of rotatable bonds is 33. The SMILES string of the molecule is Nc1ccccc1OCCOCCOCCOCCOCCOCCOCCOCCOCCOCCOS(=O)(=O)c1ccccc1. The van der Waals surface area contributed by atoms with E-state index in [0.29, 0.717) is 130 Å². The van der Waals surface area contributed by atoms with Gasteiger partial charge in [0.15, 0.2) is 0 Å². The highest BCUT2D eigenvalue weighted by molar-refractivity contribution is 7.86. The molecule has 0 fully saturated rings. The second kappa shape index (κ2) is 28.6. The van der Waals surface area contributed by atoms with Gasteiger partial charge in [0.25, 0.3) is 10.1 Å². The zero-order valence-corrected chi connectivity index (χ0v) is 27.9. The molecule has 14 nitrogen and oxygen atoms in total. The lowest BCUT2D eigenvalue weighted by molar-refractivity contribution is -0.0257. The highest BCUT2D eigenvalue weighted by atomic mass is 32.2. The van der Waals surface area contributed by atoms with Gasteiger partial charge in [-0.3, -0.25) is 4.18 Å². The van der Waals surface area contributed by atoms with E-state index in [2.05, 4.69) is 0 Å². The first-order chi connectivity index (χ1) is 23.1. The summed E-state index contributed by atoms with van der Waals surface area (Å²) in [4.78, 5) is 0.119. The van der Waals surface area contributed by atoms with E-state index in [-0.39, 0.29) is 18.1 Å². The van der Waals surface area contributed by atoms with Crippen LogP contribution in [0.15, 0.2) is 59.5 Å². The Labute approximate surface area is 278 Å². The summed E-state index contributed by atoms with van der Waals surface area (Å²) in [6.07, 6.45) is 0. The van der Waals surface area contributed by atoms with Gasteiger partial charge < -0.3 is 53.1 Å². The van der Waals surface area contributed by atoms with Crippen LogP contribution < -0.4 is 10.5 Å². The van der Waals surface area contributed by atoms with Crippen molar-refractivity contribution in [1.82, 2.24) is 0 Å². The minimum atomic E-state index is -3.76. The Hall–Kier alpha value is -2.41. The monoisotopic (exact) mass is 689 g/mol. The molecule has 2 aromatic rings. The fourth-order valence-corrected chi connectivity index (χ4v) is 4.46. The summed E-state index contributed by atoms with van der Waals surface area (Å²) in [5, 5.41) is 0. The molecule has 0 spiro atoms. The van der Waals surface area contributed by atoms with Crippen molar-refractivity contribution in [2.75, 3.05) is 138 Å². The first-order valence-corrected chi connectivity index (χ1v) is 17.1. The number of benzene rings is 2. The third-order valence-electron chi connectivity index (χ3n) is 5.88. The van der Waals surface area contributed by atoms with Gasteiger partial charge in [-0.2, -0.15) is 8.42 Å². The van der Waals surface area contributed by atoms with Gasteiger partial charge in [0.1, 0.15) is 12.4 Å². The Balaban J connectivity index is 1.18. The zero-order chi connectivity index (χ0) is 33.5. The molecule has 0 atom stereocenters. The molecule has 0 aliphatic heterocycles. The van der Waals surface area contributed by atoms with Crippen LogP contribution in [0.5, 0.6) is 5.75 Å². The van der Waals surface area contributed by atoms with Crippen molar-refractivity contribution in [3.05, 3.63) is 54.6 Å². The average molecular weight is 690 g/mol. The highest BCUT2D eigenvalue weighted by Gasteiger charge is 2.13. The molecule has 0 saturated carbocycles. The second-order valence-electron chi connectivity index (χ2n) is 9.49. The Morgan fingerprint density at radius 1 is 0.404 bits per heavy atom. The van der Waals surface area contributed by atoms with E-state index in [0.717, 1.165) is 0 Å². The van der Waals surface area contributed by atoms with Crippen molar-refractivity contribution in [3.63, 3.8) is 0 Å². The lowest BCUT2D eigenvalue weighted by Gasteiger charge is -2.10. The van der Waals surface area contributed by atoms with Crippen molar-refractivity contribution in [3.8, 4) is 5.75 Å². The number of hydrogen-bond acceptors (Lipinski definition) is 14. The predicted molar refractivity (Wildman–Crippen MR) is 173 cm³/mol. The van der Waals surface area contributed by atoms with Gasteiger partial charge in [-0.15, -0.1) is 0 Å². The minimum absolute atomic E-state index is 0.0599. The molecule has 268 valence electrons. The molecule has 2 N–H and O–H groups in total. The van der Waals surface area contributed by atoms with Crippen molar-refractivity contribution < 1.29 is 60.0 Å². The Kier molecular flexibility index (Phi) is 24.8. The quantitative estimate of drug-likeness (QED) is 0.0660. The van der Waals surface area contributed by atoms with Crippen molar-refractivity contribution in [2.24, 2.45) is 0 Å². The van der Waals surface area contributed by atoms with Gasteiger partial charge in [0, 0.05) is 0 Å². The summed E-state index contributed by atoms with van der Waals surface area (Å²) in [7, 11) is -3.76. The van der Waals surface area contributed by atoms with Gasteiger partial charge in [0.2, 0.25) is 0 Å². The molecular formula is C32H51NO13S. The van der Waals surface area contributed by atoms with Crippen LogP contribution >= 0.6 is 0 Å². The molecule has 0 amide bonds. The number of nitrogens with two attached hydrogens (primary N) is 1. The summed E-state index contributed by atoms with van der Waals surface area (Å²) in [5.74, 6) is 0.661. The lowest BCUT2D eigenvalue weighted by Crippen LogP contribution is -2.16. The zero-order valence-electron chi connectivity index (χ0n) is 27.1. The van der Waals surface area contributed by atoms with Crippen LogP contribution in [0, 0.1) is 0 Å². The molecule has 0 unspecified atom stereocenters. The number of para-hydroxylation sites is 2. The van der Waals surface area contributed by atoms with E-state index in [1.165, 1.54) is 12.1 Å². The molecule has 15 heteroatoms. The molecule has 2 aromatic carbocycles. The van der Waals surface area contributed by atoms with Crippen molar-refractivity contribution >= 4 is 15.8 Å². The maximum absolute atomic E-state index is 12.0. The fraction of sp³-hybridized carbons (Fsp3) is 0.625. The molecule has 47 heavy (non-hydrogen) atoms. The second-order valence-corrected chi connectivity index (χ2v) is 11.1. The topological polar surface area (TPSA) is 162 Å². The normalized spacial score (nSPS) is 11.7. The van der Waals surface area contributed by atoms with Crippen LogP contribution in [-0.2, 0) is 56.9 Å². The lowest BCUT2D eigenvalue weighted by atomic mass is 10.3. The summed E-state index contributed by atoms with van der Waals surface area (Å²) in [6.45, 7) is 8.27. The Bertz CT molecular complexity index is 1100. The Morgan fingerprint density at radius 2 is 0.723 bits per heavy atom. The maximum atomic E-state index is 12.0. The maximum Gasteiger partial charge on any atom is 0.297 e. The number of hydrogen-bond donors (Lipinski definition) is 1. The third kappa shape index (κ3) is 22.7. The average Bonchev–Trinajstić information content (AvgIpc) is 3.08. The van der Waals surface area contributed by atoms with Crippen LogP contribution in [0.4, 0.5) is 5.69 Å². The Morgan fingerprint density at radius 3 is 1.11 bits per heavy atom. The van der Waals surface area contributed by atoms with E-state index in [1.807, 2.05) is 18.2 Å². The highest BCUT2D eigenvalue weighted by Crippen LogP contribution is 2.19. The smallest absolute Gasteiger partial charge is 0.297 e. The van der Waals surface area contributed by atoms with Gasteiger partial charge in [-0.05, 0) is 24.3 Å². The van der Waals surface area contributed by atoms with E-state index in [4.69, 9.17) is 57.3 Å². The summed E-state index contributed by atoms with van der Waals surface area (Å²) in [6, 6.07) is 15.3. The van der Waals surface area contributed by atoms with Gasteiger partial charge in [0.05, 0.1) is 136 Å². The number of nitrogen functional groups attached to an aromatic ring is 1. The first kappa shape index (κ1) is 40.8. The van der Waals surface area contributed by atoms with E-state index in [9.17, 15) is 8.42 Å². The number of ether oxygens (including phenoxy) is 10. The van der Waals surface area contributed by atoms with Crippen LogP contribution in [0.2, 0.25) is 0 Å². The standard InChI is InChI=1S/C32H51NO13S/c33-31-8-4-5-9-32(31)45-28-26-43-24-22-41-20-18-39-16-14-37-12-10-36-11-13-38-15-17-40-19-21-42-23-25-44-27-29-46-47(34,35)30-6-2-1-3-7-30/h1-9H,10-29,33H2. The molecule has 0 bridgehead atoms. The third-order valence-corrected chi connectivity index (χ3v) is 7.20. The first-order valence-electron chi connectivity index (χ1n) is 15.7. The molecule has 0 aromatic heterocycles. The van der Waals surface area contributed by atoms with Gasteiger partial charge in [-0.25, -0.2) is 0 Å². The molecule has 0 radical (unpaired) electrons.